The molecule has 5 heteroatoms. The van der Waals surface area contributed by atoms with Crippen LogP contribution in [0.25, 0.3) is 0 Å². The Kier molecular flexibility index (Phi) is 4.01. The van der Waals surface area contributed by atoms with E-state index >= 15 is 0 Å². The molecule has 1 heterocycles. The number of amides is 2. The van der Waals surface area contributed by atoms with Gasteiger partial charge in [-0.2, -0.15) is 0 Å². The fourth-order valence-corrected chi connectivity index (χ4v) is 2.48. The lowest BCUT2D eigenvalue weighted by atomic mass is 9.87. The molecule has 24 heavy (non-hydrogen) atoms. The highest BCUT2D eigenvalue weighted by atomic mass is 16.5. The maximum absolute atomic E-state index is 12.4. The molecule has 2 N–H and O–H groups in total. The normalized spacial score (nSPS) is 13.5. The summed E-state index contributed by atoms with van der Waals surface area (Å²) < 4.78 is 5.35. The monoisotopic (exact) mass is 324 g/mol. The molecule has 0 aromatic heterocycles. The average Bonchev–Trinajstić information content (AvgIpc) is 2.54. The Hall–Kier alpha value is -2.82. The van der Waals surface area contributed by atoms with E-state index in [-0.39, 0.29) is 23.8 Å². The van der Waals surface area contributed by atoms with E-state index in [0.29, 0.717) is 22.7 Å². The van der Waals surface area contributed by atoms with Crippen LogP contribution >= 0.6 is 0 Å². The lowest BCUT2D eigenvalue weighted by molar-refractivity contribution is -0.118. The van der Waals surface area contributed by atoms with Crippen molar-refractivity contribution in [2.45, 2.75) is 26.2 Å². The number of hydrogen-bond donors (Lipinski definition) is 2. The largest absolute Gasteiger partial charge is 0.482 e. The van der Waals surface area contributed by atoms with E-state index in [1.807, 2.05) is 24.3 Å². The summed E-state index contributed by atoms with van der Waals surface area (Å²) in [6.45, 7) is 6.38. The second-order valence-corrected chi connectivity index (χ2v) is 6.83. The van der Waals surface area contributed by atoms with Crippen LogP contribution in [0.5, 0.6) is 5.75 Å². The fraction of sp³-hybridized carbons (Fsp3) is 0.263. The van der Waals surface area contributed by atoms with Gasteiger partial charge < -0.3 is 15.4 Å². The zero-order chi connectivity index (χ0) is 17.3. The third-order valence-corrected chi connectivity index (χ3v) is 3.89. The number of ether oxygens (including phenoxy) is 1. The summed E-state index contributed by atoms with van der Waals surface area (Å²) in [5.74, 6) is 0.184. The van der Waals surface area contributed by atoms with E-state index < -0.39 is 0 Å². The number of fused-ring (bicyclic) bond motifs is 1. The fourth-order valence-electron chi connectivity index (χ4n) is 2.48. The van der Waals surface area contributed by atoms with Crippen molar-refractivity contribution >= 4 is 23.2 Å². The summed E-state index contributed by atoms with van der Waals surface area (Å²) in [5.41, 5.74) is 3.05. The van der Waals surface area contributed by atoms with Gasteiger partial charge in [0.05, 0.1) is 5.69 Å². The van der Waals surface area contributed by atoms with E-state index in [0.717, 1.165) is 0 Å². The van der Waals surface area contributed by atoms with Crippen LogP contribution in [0.4, 0.5) is 11.4 Å². The summed E-state index contributed by atoms with van der Waals surface area (Å²) in [4.78, 5) is 23.6. The Balaban J connectivity index is 1.74. The van der Waals surface area contributed by atoms with Gasteiger partial charge in [0.15, 0.2) is 6.61 Å². The molecule has 3 rings (SSSR count). The van der Waals surface area contributed by atoms with E-state index in [1.165, 1.54) is 5.56 Å². The SMILES string of the molecule is CC(C)(C)c1ccc(C(=O)Nc2ccc3c(c2)OCC(=O)N3)cc1. The molecule has 0 saturated carbocycles. The molecule has 2 amide bonds. The van der Waals surface area contributed by atoms with E-state index in [9.17, 15) is 9.59 Å². The van der Waals surface area contributed by atoms with Crippen molar-refractivity contribution in [2.24, 2.45) is 0 Å². The van der Waals surface area contributed by atoms with Gasteiger partial charge in [0.1, 0.15) is 5.75 Å². The Morgan fingerprint density at radius 1 is 1.12 bits per heavy atom. The third kappa shape index (κ3) is 3.40. The molecule has 1 aliphatic rings. The van der Waals surface area contributed by atoms with Crippen LogP contribution in [-0.4, -0.2) is 18.4 Å². The summed E-state index contributed by atoms with van der Waals surface area (Å²) in [7, 11) is 0. The first-order valence-electron chi connectivity index (χ1n) is 7.81. The molecule has 0 unspecified atom stereocenters. The first kappa shape index (κ1) is 16.1. The number of rotatable bonds is 2. The standard InChI is InChI=1S/C19H20N2O3/c1-19(2,3)13-6-4-12(5-7-13)18(23)20-14-8-9-15-16(10-14)24-11-17(22)21-15/h4-10H,11H2,1-3H3,(H,20,23)(H,21,22). The quantitative estimate of drug-likeness (QED) is 0.887. The molecule has 0 atom stereocenters. The second-order valence-electron chi connectivity index (χ2n) is 6.83. The van der Waals surface area contributed by atoms with Gasteiger partial charge in [-0.15, -0.1) is 0 Å². The van der Waals surface area contributed by atoms with Crippen molar-refractivity contribution < 1.29 is 14.3 Å². The number of carbonyl (C=O) groups excluding carboxylic acids is 2. The highest BCUT2D eigenvalue weighted by Gasteiger charge is 2.17. The molecule has 0 bridgehead atoms. The summed E-state index contributed by atoms with van der Waals surface area (Å²) in [5, 5.41) is 5.56. The number of nitrogens with one attached hydrogen (secondary N) is 2. The number of anilines is 2. The molecule has 5 nitrogen and oxygen atoms in total. The van der Waals surface area contributed by atoms with Crippen molar-refractivity contribution in [3.05, 3.63) is 53.6 Å². The van der Waals surface area contributed by atoms with Crippen molar-refractivity contribution in [1.29, 1.82) is 0 Å². The summed E-state index contributed by atoms with van der Waals surface area (Å²) in [6.07, 6.45) is 0. The number of carbonyl (C=O) groups is 2. The molecule has 0 aliphatic carbocycles. The number of hydrogen-bond acceptors (Lipinski definition) is 3. The van der Waals surface area contributed by atoms with Gasteiger partial charge in [-0.1, -0.05) is 32.9 Å². The average molecular weight is 324 g/mol. The zero-order valence-corrected chi connectivity index (χ0v) is 14.0. The zero-order valence-electron chi connectivity index (χ0n) is 14.0. The number of benzene rings is 2. The van der Waals surface area contributed by atoms with Gasteiger partial charge in [-0.25, -0.2) is 0 Å². The Bertz CT molecular complexity index is 789. The first-order chi connectivity index (χ1) is 11.3. The molecular weight excluding hydrogens is 304 g/mol. The Morgan fingerprint density at radius 3 is 2.50 bits per heavy atom. The minimum atomic E-state index is -0.185. The highest BCUT2D eigenvalue weighted by Crippen LogP contribution is 2.30. The van der Waals surface area contributed by atoms with Gasteiger partial charge in [-0.05, 0) is 35.2 Å². The van der Waals surface area contributed by atoms with Crippen molar-refractivity contribution in [2.75, 3.05) is 17.2 Å². The molecule has 2 aromatic rings. The van der Waals surface area contributed by atoms with Crippen LogP contribution in [0.15, 0.2) is 42.5 Å². The van der Waals surface area contributed by atoms with Crippen molar-refractivity contribution in [1.82, 2.24) is 0 Å². The molecule has 0 saturated heterocycles. The molecule has 0 fully saturated rings. The first-order valence-corrected chi connectivity index (χ1v) is 7.81. The van der Waals surface area contributed by atoms with E-state index in [2.05, 4.69) is 31.4 Å². The molecule has 124 valence electrons. The Labute approximate surface area is 141 Å². The van der Waals surface area contributed by atoms with E-state index in [1.54, 1.807) is 18.2 Å². The lowest BCUT2D eigenvalue weighted by Gasteiger charge is -2.19. The predicted octanol–water partition coefficient (Wildman–Crippen LogP) is 3.57. The molecular formula is C19H20N2O3. The maximum Gasteiger partial charge on any atom is 0.262 e. The minimum absolute atomic E-state index is 0.0152. The molecule has 2 aromatic carbocycles. The van der Waals surface area contributed by atoms with Crippen LogP contribution in [0.1, 0.15) is 36.7 Å². The third-order valence-electron chi connectivity index (χ3n) is 3.89. The molecule has 1 aliphatic heterocycles. The van der Waals surface area contributed by atoms with Gasteiger partial charge in [0.25, 0.3) is 11.8 Å². The lowest BCUT2D eigenvalue weighted by Crippen LogP contribution is -2.25. The highest BCUT2D eigenvalue weighted by molar-refractivity contribution is 6.05. The molecule has 0 radical (unpaired) electrons. The smallest absolute Gasteiger partial charge is 0.262 e. The van der Waals surface area contributed by atoms with Crippen molar-refractivity contribution in [3.63, 3.8) is 0 Å². The van der Waals surface area contributed by atoms with Crippen LogP contribution in [0.3, 0.4) is 0 Å². The topological polar surface area (TPSA) is 67.4 Å². The predicted molar refractivity (Wildman–Crippen MR) is 93.7 cm³/mol. The summed E-state index contributed by atoms with van der Waals surface area (Å²) in [6, 6.07) is 12.7. The van der Waals surface area contributed by atoms with Crippen molar-refractivity contribution in [3.8, 4) is 5.75 Å². The molecule has 0 spiro atoms. The van der Waals surface area contributed by atoms with Crippen LogP contribution in [-0.2, 0) is 10.2 Å². The van der Waals surface area contributed by atoms with Crippen LogP contribution in [0, 0.1) is 0 Å². The summed E-state index contributed by atoms with van der Waals surface area (Å²) >= 11 is 0. The van der Waals surface area contributed by atoms with E-state index in [4.69, 9.17) is 4.74 Å². The second kappa shape index (κ2) is 6.00. The maximum atomic E-state index is 12.4. The Morgan fingerprint density at radius 2 is 1.83 bits per heavy atom. The van der Waals surface area contributed by atoms with Crippen LogP contribution < -0.4 is 15.4 Å². The van der Waals surface area contributed by atoms with Gasteiger partial charge >= 0.3 is 0 Å². The van der Waals surface area contributed by atoms with Gasteiger partial charge in [-0.3, -0.25) is 9.59 Å². The minimum Gasteiger partial charge on any atom is -0.482 e. The van der Waals surface area contributed by atoms with Crippen LogP contribution in [0.2, 0.25) is 0 Å². The van der Waals surface area contributed by atoms with Gasteiger partial charge in [0, 0.05) is 17.3 Å². The van der Waals surface area contributed by atoms with Gasteiger partial charge in [0.2, 0.25) is 0 Å².